The maximum absolute atomic E-state index is 2.48. The molecule has 6 aromatic carbocycles. The van der Waals surface area contributed by atoms with E-state index in [4.69, 9.17) is 0 Å². The van der Waals surface area contributed by atoms with Crippen LogP contribution in [0.3, 0.4) is 0 Å². The number of rotatable bonds is 4. The molecule has 0 atom stereocenters. The molecule has 0 N–H and O–H groups in total. The second-order valence-corrected chi connectivity index (χ2v) is 10.5. The maximum atomic E-state index is 2.48. The van der Waals surface area contributed by atoms with Crippen LogP contribution < -0.4 is 9.47 Å². The van der Waals surface area contributed by atoms with Crippen LogP contribution >= 0.6 is 0 Å². The number of hydrogen-bond acceptors (Lipinski definition) is 1. The molecule has 0 amide bonds. The smallest absolute Gasteiger partial charge is 0.220 e. The summed E-state index contributed by atoms with van der Waals surface area (Å²) >= 11 is 0. The molecule has 1 aliphatic heterocycles. The summed E-state index contributed by atoms with van der Waals surface area (Å²) < 4.78 is 2.38. The number of nitrogens with zero attached hydrogens (tertiary/aromatic N) is 2. The first-order chi connectivity index (χ1) is 19.8. The molecule has 0 unspecified atom stereocenters. The van der Waals surface area contributed by atoms with Gasteiger partial charge in [0.15, 0.2) is 6.20 Å². The van der Waals surface area contributed by atoms with Gasteiger partial charge in [-0.25, -0.2) is 0 Å². The minimum absolute atomic E-state index is 0.806. The Morgan fingerprint density at radius 3 is 1.73 bits per heavy atom. The molecule has 7 aromatic rings. The Bertz CT molecular complexity index is 2000. The van der Waals surface area contributed by atoms with E-state index >= 15 is 0 Å². The second-order valence-electron chi connectivity index (χ2n) is 10.5. The molecule has 1 aliphatic rings. The van der Waals surface area contributed by atoms with Crippen molar-refractivity contribution in [2.75, 3.05) is 4.90 Å². The van der Waals surface area contributed by atoms with Gasteiger partial charge in [-0.15, -0.1) is 0 Å². The highest BCUT2D eigenvalue weighted by molar-refractivity contribution is 6.16. The first-order valence-corrected chi connectivity index (χ1v) is 13.8. The van der Waals surface area contributed by atoms with Gasteiger partial charge in [0, 0.05) is 41.2 Å². The largest absolute Gasteiger partial charge is 0.336 e. The fourth-order valence-corrected chi connectivity index (χ4v) is 6.22. The van der Waals surface area contributed by atoms with Gasteiger partial charge in [-0.05, 0) is 58.1 Å². The highest BCUT2D eigenvalue weighted by atomic mass is 15.1. The number of pyridine rings is 1. The van der Waals surface area contributed by atoms with Crippen LogP contribution in [0, 0.1) is 0 Å². The van der Waals surface area contributed by atoms with Crippen molar-refractivity contribution >= 4 is 33.1 Å². The molecule has 0 saturated carbocycles. The van der Waals surface area contributed by atoms with E-state index in [1.165, 1.54) is 60.9 Å². The van der Waals surface area contributed by atoms with E-state index in [0.29, 0.717) is 0 Å². The fourth-order valence-electron chi connectivity index (χ4n) is 6.22. The highest BCUT2D eigenvalue weighted by Crippen LogP contribution is 2.46. The zero-order valence-corrected chi connectivity index (χ0v) is 22.0. The molecule has 0 saturated heterocycles. The minimum Gasteiger partial charge on any atom is -0.336 e. The molecular weight excluding hydrogens is 484 g/mol. The molecule has 8 rings (SSSR count). The van der Waals surface area contributed by atoms with Gasteiger partial charge in [-0.1, -0.05) is 97.1 Å². The van der Waals surface area contributed by atoms with E-state index in [1.54, 1.807) is 0 Å². The van der Waals surface area contributed by atoms with E-state index in [-0.39, 0.29) is 0 Å². The summed E-state index contributed by atoms with van der Waals surface area (Å²) in [5.74, 6) is 0. The van der Waals surface area contributed by atoms with Crippen LogP contribution in [0.15, 0.2) is 152 Å². The van der Waals surface area contributed by atoms with Crippen molar-refractivity contribution in [3.8, 4) is 27.9 Å². The Hall–Kier alpha value is -5.21. The number of aromatic nitrogens is 1. The van der Waals surface area contributed by atoms with Crippen LogP contribution in [0.25, 0.3) is 49.6 Å². The van der Waals surface area contributed by atoms with Crippen molar-refractivity contribution in [3.63, 3.8) is 0 Å². The van der Waals surface area contributed by atoms with E-state index < -0.39 is 0 Å². The van der Waals surface area contributed by atoms with Crippen LogP contribution in [-0.2, 0) is 6.54 Å². The molecule has 2 nitrogen and oxygen atoms in total. The molecule has 0 aliphatic carbocycles. The van der Waals surface area contributed by atoms with E-state index in [9.17, 15) is 0 Å². The summed E-state index contributed by atoms with van der Waals surface area (Å²) in [6.07, 6.45) is 2.33. The Kier molecular flexibility index (Phi) is 5.24. The van der Waals surface area contributed by atoms with Crippen molar-refractivity contribution < 1.29 is 4.57 Å². The summed E-state index contributed by atoms with van der Waals surface area (Å²) in [6, 6.07) is 52.5. The molecule has 0 spiro atoms. The number of para-hydroxylation sites is 2. The van der Waals surface area contributed by atoms with E-state index in [0.717, 1.165) is 12.2 Å². The third kappa shape index (κ3) is 3.69. The molecule has 0 bridgehead atoms. The molecular formula is C38H27N2+. The quantitative estimate of drug-likeness (QED) is 0.169. The lowest BCUT2D eigenvalue weighted by Crippen LogP contribution is -2.33. The predicted molar refractivity (Wildman–Crippen MR) is 166 cm³/mol. The Balaban J connectivity index is 1.52. The minimum atomic E-state index is 0.806. The van der Waals surface area contributed by atoms with E-state index in [1.807, 2.05) is 0 Å². The van der Waals surface area contributed by atoms with Gasteiger partial charge in [-0.3, -0.25) is 0 Å². The average Bonchev–Trinajstić information content (AvgIpc) is 3.04. The zero-order chi connectivity index (χ0) is 26.5. The topological polar surface area (TPSA) is 7.12 Å². The number of anilines is 2. The van der Waals surface area contributed by atoms with Crippen molar-refractivity contribution in [2.45, 2.75) is 6.54 Å². The molecule has 40 heavy (non-hydrogen) atoms. The van der Waals surface area contributed by atoms with Crippen LogP contribution in [0.1, 0.15) is 5.56 Å². The predicted octanol–water partition coefficient (Wildman–Crippen LogP) is 9.26. The van der Waals surface area contributed by atoms with E-state index in [2.05, 4.69) is 161 Å². The SMILES string of the molecule is c1ccc(-c2cc3c4c(c2)c[n+](-c2ccccc2)c2cc(-c5ccccc5)cc(c42)CN3c2ccccc2)cc1. The van der Waals surface area contributed by atoms with Crippen molar-refractivity contribution in [2.24, 2.45) is 0 Å². The summed E-state index contributed by atoms with van der Waals surface area (Å²) in [5.41, 5.74) is 11.1. The summed E-state index contributed by atoms with van der Waals surface area (Å²) in [7, 11) is 0. The lowest BCUT2D eigenvalue weighted by atomic mass is 9.89. The standard InChI is InChI=1S/C38H27N2/c1-5-13-27(14-6-1)29-21-31-25-40(34-19-11-4-12-20-34)36-24-30(28-15-7-2-8-16-28)22-32-26-39(33-17-9-3-10-18-33)35(23-29)37(31)38(32)36/h1-25H,26H2/q+1. The summed E-state index contributed by atoms with van der Waals surface area (Å²) in [5, 5.41) is 3.89. The Morgan fingerprint density at radius 2 is 1.07 bits per heavy atom. The molecule has 0 radical (unpaired) electrons. The van der Waals surface area contributed by atoms with Gasteiger partial charge in [0.2, 0.25) is 11.2 Å². The van der Waals surface area contributed by atoms with Crippen LogP contribution in [-0.4, -0.2) is 0 Å². The average molecular weight is 512 g/mol. The monoisotopic (exact) mass is 511 g/mol. The van der Waals surface area contributed by atoms with Gasteiger partial charge in [0.25, 0.3) is 0 Å². The Labute approximate surface area is 234 Å². The second kappa shape index (κ2) is 9.21. The Morgan fingerprint density at radius 1 is 0.500 bits per heavy atom. The molecule has 0 fully saturated rings. The van der Waals surface area contributed by atoms with Crippen LogP contribution in [0.4, 0.5) is 11.4 Å². The molecule has 188 valence electrons. The van der Waals surface area contributed by atoms with Crippen LogP contribution in [0.2, 0.25) is 0 Å². The summed E-state index contributed by atoms with van der Waals surface area (Å²) in [6.45, 7) is 0.806. The third-order valence-corrected chi connectivity index (χ3v) is 8.06. The molecule has 2 heterocycles. The third-order valence-electron chi connectivity index (χ3n) is 8.06. The van der Waals surface area contributed by atoms with Gasteiger partial charge in [0.05, 0.1) is 11.1 Å². The lowest BCUT2D eigenvalue weighted by molar-refractivity contribution is -0.565. The van der Waals surface area contributed by atoms with Crippen molar-refractivity contribution in [1.82, 2.24) is 0 Å². The fraction of sp³-hybridized carbons (Fsp3) is 0.0263. The first-order valence-electron chi connectivity index (χ1n) is 13.8. The maximum Gasteiger partial charge on any atom is 0.220 e. The van der Waals surface area contributed by atoms with Gasteiger partial charge >= 0.3 is 0 Å². The first kappa shape index (κ1) is 22.7. The highest BCUT2D eigenvalue weighted by Gasteiger charge is 2.29. The molecule has 1 aromatic heterocycles. The molecule has 2 heteroatoms. The normalized spacial score (nSPS) is 12.3. The zero-order valence-electron chi connectivity index (χ0n) is 22.0. The van der Waals surface area contributed by atoms with Gasteiger partial charge in [-0.2, -0.15) is 4.57 Å². The van der Waals surface area contributed by atoms with Gasteiger partial charge < -0.3 is 4.90 Å². The lowest BCUT2D eigenvalue weighted by Gasteiger charge is -2.32. The number of benzene rings is 6. The van der Waals surface area contributed by atoms with Crippen molar-refractivity contribution in [1.29, 1.82) is 0 Å². The van der Waals surface area contributed by atoms with Crippen LogP contribution in [0.5, 0.6) is 0 Å². The van der Waals surface area contributed by atoms with Crippen molar-refractivity contribution in [3.05, 3.63) is 157 Å². The van der Waals surface area contributed by atoms with Gasteiger partial charge in [0.1, 0.15) is 0 Å². The summed E-state index contributed by atoms with van der Waals surface area (Å²) in [4.78, 5) is 2.48. The number of hydrogen-bond donors (Lipinski definition) is 0.